The average molecular weight is 155 g/mol. The largest absolute Gasteiger partial charge is 0.477 e. The Morgan fingerprint density at radius 2 is 2.36 bits per heavy atom. The van der Waals surface area contributed by atoms with Crippen molar-refractivity contribution < 1.29 is 9.90 Å². The van der Waals surface area contributed by atoms with Gasteiger partial charge in [-0.25, -0.2) is 4.79 Å². The molecule has 0 heterocycles. The second kappa shape index (κ2) is 5.53. The van der Waals surface area contributed by atoms with E-state index in [9.17, 15) is 4.79 Å². The minimum absolute atomic E-state index is 0.243. The normalized spacial score (nSPS) is 10.8. The number of nitrogens with one attached hydrogen (secondary N) is 1. The molecule has 0 fully saturated rings. The fraction of sp³-hybridized carbons (Fsp3) is 0.375. The average Bonchev–Trinajstić information content (AvgIpc) is 1.97. The number of carboxylic acids is 1. The molecule has 3 heteroatoms. The van der Waals surface area contributed by atoms with Crippen LogP contribution in [0.2, 0.25) is 0 Å². The van der Waals surface area contributed by atoms with Gasteiger partial charge in [-0.2, -0.15) is 0 Å². The zero-order valence-electron chi connectivity index (χ0n) is 6.63. The summed E-state index contributed by atoms with van der Waals surface area (Å²) in [5, 5.41) is 11.3. The molecule has 0 rings (SSSR count). The third kappa shape index (κ3) is 4.19. The molecule has 3 nitrogen and oxygen atoms in total. The van der Waals surface area contributed by atoms with Gasteiger partial charge in [-0.15, -0.1) is 6.58 Å². The van der Waals surface area contributed by atoms with Crippen LogP contribution in [0.1, 0.15) is 13.3 Å². The smallest absolute Gasteiger partial charge is 0.351 e. The summed E-state index contributed by atoms with van der Waals surface area (Å²) >= 11 is 0. The monoisotopic (exact) mass is 155 g/mol. The van der Waals surface area contributed by atoms with Crippen molar-refractivity contribution in [2.45, 2.75) is 13.3 Å². The lowest BCUT2D eigenvalue weighted by molar-refractivity contribution is -0.133. The van der Waals surface area contributed by atoms with Gasteiger partial charge >= 0.3 is 5.97 Å². The van der Waals surface area contributed by atoms with Crippen molar-refractivity contribution >= 4 is 5.97 Å². The predicted octanol–water partition coefficient (Wildman–Crippen LogP) is 1.14. The summed E-state index contributed by atoms with van der Waals surface area (Å²) in [5.74, 6) is -0.922. The van der Waals surface area contributed by atoms with Crippen LogP contribution in [0.4, 0.5) is 0 Å². The van der Waals surface area contributed by atoms with Gasteiger partial charge in [0.15, 0.2) is 0 Å². The van der Waals surface area contributed by atoms with Crippen molar-refractivity contribution in [1.82, 2.24) is 5.32 Å². The van der Waals surface area contributed by atoms with E-state index in [4.69, 9.17) is 5.11 Å². The van der Waals surface area contributed by atoms with Gasteiger partial charge in [0.25, 0.3) is 0 Å². The third-order valence-corrected chi connectivity index (χ3v) is 1.08. The van der Waals surface area contributed by atoms with Gasteiger partial charge in [-0.05, 0) is 6.42 Å². The van der Waals surface area contributed by atoms with Gasteiger partial charge in [-0.3, -0.25) is 0 Å². The second-order valence-electron chi connectivity index (χ2n) is 2.00. The molecule has 0 atom stereocenters. The molecule has 0 saturated heterocycles. The molecule has 0 aromatic heterocycles. The first-order valence-corrected chi connectivity index (χ1v) is 3.50. The Labute approximate surface area is 66.4 Å². The van der Waals surface area contributed by atoms with Gasteiger partial charge in [0.1, 0.15) is 5.70 Å². The minimum atomic E-state index is -0.922. The molecule has 0 aromatic rings. The lowest BCUT2D eigenvalue weighted by Crippen LogP contribution is -2.19. The number of hydrogen-bond acceptors (Lipinski definition) is 2. The summed E-state index contributed by atoms with van der Waals surface area (Å²) in [7, 11) is 0. The lowest BCUT2D eigenvalue weighted by atomic mass is 10.3. The van der Waals surface area contributed by atoms with Crippen LogP contribution >= 0.6 is 0 Å². The van der Waals surface area contributed by atoms with Crippen molar-refractivity contribution in [1.29, 1.82) is 0 Å². The molecular weight excluding hydrogens is 142 g/mol. The summed E-state index contributed by atoms with van der Waals surface area (Å²) in [6.07, 6.45) is 3.96. The van der Waals surface area contributed by atoms with E-state index in [2.05, 4.69) is 11.9 Å². The Kier molecular flexibility index (Phi) is 4.90. The fourth-order valence-electron chi connectivity index (χ4n) is 0.621. The molecule has 0 unspecified atom stereocenters. The quantitative estimate of drug-likeness (QED) is 0.462. The van der Waals surface area contributed by atoms with Crippen molar-refractivity contribution in [2.24, 2.45) is 0 Å². The Bertz CT molecular complexity index is 173. The molecule has 0 saturated carbocycles. The van der Waals surface area contributed by atoms with Crippen molar-refractivity contribution in [2.75, 3.05) is 6.54 Å². The summed E-state index contributed by atoms with van der Waals surface area (Å²) in [5.41, 5.74) is 0.243. The van der Waals surface area contributed by atoms with Crippen LogP contribution in [0.5, 0.6) is 0 Å². The van der Waals surface area contributed by atoms with E-state index >= 15 is 0 Å². The summed E-state index contributed by atoms with van der Waals surface area (Å²) in [4.78, 5) is 10.4. The molecule has 0 aliphatic rings. The highest BCUT2D eigenvalue weighted by Crippen LogP contribution is 1.91. The molecule has 2 N–H and O–H groups in total. The molecule has 0 aromatic carbocycles. The maximum atomic E-state index is 10.4. The highest BCUT2D eigenvalue weighted by molar-refractivity contribution is 5.85. The summed E-state index contributed by atoms with van der Waals surface area (Å²) in [6, 6.07) is 0. The number of aliphatic carboxylic acids is 1. The Morgan fingerprint density at radius 1 is 1.73 bits per heavy atom. The zero-order valence-corrected chi connectivity index (χ0v) is 6.63. The van der Waals surface area contributed by atoms with Crippen molar-refractivity contribution in [3.05, 3.63) is 24.4 Å². The second-order valence-corrected chi connectivity index (χ2v) is 2.00. The Hall–Kier alpha value is -1.25. The third-order valence-electron chi connectivity index (χ3n) is 1.08. The van der Waals surface area contributed by atoms with E-state index in [-0.39, 0.29) is 5.70 Å². The van der Waals surface area contributed by atoms with Crippen molar-refractivity contribution in [3.63, 3.8) is 0 Å². The van der Waals surface area contributed by atoms with E-state index in [0.29, 0.717) is 13.0 Å². The van der Waals surface area contributed by atoms with E-state index in [0.717, 1.165) is 0 Å². The SMILES string of the molecule is C=CCN/C(=C/CC)C(=O)O. The van der Waals surface area contributed by atoms with E-state index in [1.165, 1.54) is 0 Å². The molecular formula is C8H13NO2. The topological polar surface area (TPSA) is 49.3 Å². The summed E-state index contributed by atoms with van der Waals surface area (Å²) < 4.78 is 0. The molecule has 0 spiro atoms. The highest BCUT2D eigenvalue weighted by Gasteiger charge is 2.02. The lowest BCUT2D eigenvalue weighted by Gasteiger charge is -2.02. The van der Waals surface area contributed by atoms with Crippen LogP contribution in [0.15, 0.2) is 24.4 Å². The van der Waals surface area contributed by atoms with Crippen LogP contribution in [0.3, 0.4) is 0 Å². The molecule has 0 aliphatic carbocycles. The molecule has 0 aliphatic heterocycles. The van der Waals surface area contributed by atoms with E-state index in [1.807, 2.05) is 6.92 Å². The molecule has 0 radical (unpaired) electrons. The maximum absolute atomic E-state index is 10.4. The zero-order chi connectivity index (χ0) is 8.69. The van der Waals surface area contributed by atoms with Crippen LogP contribution in [-0.2, 0) is 4.79 Å². The fourth-order valence-corrected chi connectivity index (χ4v) is 0.621. The van der Waals surface area contributed by atoms with Crippen LogP contribution in [0, 0.1) is 0 Å². The van der Waals surface area contributed by atoms with Crippen molar-refractivity contribution in [3.8, 4) is 0 Å². The number of hydrogen-bond donors (Lipinski definition) is 2. The number of rotatable bonds is 5. The van der Waals surface area contributed by atoms with Gasteiger partial charge < -0.3 is 10.4 Å². The molecule has 0 bridgehead atoms. The van der Waals surface area contributed by atoms with Gasteiger partial charge in [-0.1, -0.05) is 19.1 Å². The van der Waals surface area contributed by atoms with Gasteiger partial charge in [0, 0.05) is 6.54 Å². The highest BCUT2D eigenvalue weighted by atomic mass is 16.4. The minimum Gasteiger partial charge on any atom is -0.477 e. The summed E-state index contributed by atoms with van der Waals surface area (Å²) in [6.45, 7) is 5.84. The van der Waals surface area contributed by atoms with Crippen LogP contribution < -0.4 is 5.32 Å². The van der Waals surface area contributed by atoms with Crippen LogP contribution in [0.25, 0.3) is 0 Å². The first-order valence-electron chi connectivity index (χ1n) is 3.50. The van der Waals surface area contributed by atoms with Gasteiger partial charge in [0.05, 0.1) is 0 Å². The van der Waals surface area contributed by atoms with E-state index < -0.39 is 5.97 Å². The number of allylic oxidation sites excluding steroid dienone is 1. The number of carboxylic acid groups (broad SMARTS) is 1. The Morgan fingerprint density at radius 3 is 2.73 bits per heavy atom. The molecule has 62 valence electrons. The van der Waals surface area contributed by atoms with Gasteiger partial charge in [0.2, 0.25) is 0 Å². The molecule has 11 heavy (non-hydrogen) atoms. The maximum Gasteiger partial charge on any atom is 0.351 e. The van der Waals surface area contributed by atoms with Crippen LogP contribution in [-0.4, -0.2) is 17.6 Å². The standard InChI is InChI=1S/C8H13NO2/c1-3-5-7(8(10)11)9-6-4-2/h4-5,9H,2-3,6H2,1H3,(H,10,11)/b7-5+. The molecule has 0 amide bonds. The first kappa shape index (κ1) is 9.75. The first-order chi connectivity index (χ1) is 5.22. The Balaban J connectivity index is 4.00. The number of carbonyl (C=O) groups is 1. The van der Waals surface area contributed by atoms with E-state index in [1.54, 1.807) is 12.2 Å². The predicted molar refractivity (Wildman–Crippen MR) is 44.2 cm³/mol.